The highest BCUT2D eigenvalue weighted by molar-refractivity contribution is 6.17. The third kappa shape index (κ3) is 2.67. The van der Waals surface area contributed by atoms with Crippen molar-refractivity contribution in [2.45, 2.75) is 20.8 Å². The van der Waals surface area contributed by atoms with Gasteiger partial charge in [0.2, 0.25) is 0 Å². The van der Waals surface area contributed by atoms with E-state index in [4.69, 9.17) is 0 Å². The standard InChI is InChI=1S/C17H20O/c1-6-9-15-13(5)16(11-10-12(4)7-2)17(18)14(15)8-3/h6-12H,2-3H2,1,4-5H3/b9-6-,11-10-. The molecule has 0 radical (unpaired) electrons. The van der Waals surface area contributed by atoms with E-state index in [9.17, 15) is 4.79 Å². The van der Waals surface area contributed by atoms with Crippen molar-refractivity contribution in [3.63, 3.8) is 0 Å². The zero-order valence-corrected chi connectivity index (χ0v) is 11.4. The first-order valence-electron chi connectivity index (χ1n) is 6.12. The van der Waals surface area contributed by atoms with Crippen LogP contribution in [0, 0.1) is 5.92 Å². The number of carbonyl (C=O) groups excluding carboxylic acids is 1. The maximum atomic E-state index is 12.2. The van der Waals surface area contributed by atoms with Crippen molar-refractivity contribution in [3.8, 4) is 0 Å². The molecule has 0 aliphatic heterocycles. The second-order valence-corrected chi connectivity index (χ2v) is 4.35. The van der Waals surface area contributed by atoms with Gasteiger partial charge in [-0.15, -0.1) is 6.58 Å². The smallest absolute Gasteiger partial charge is 0.193 e. The van der Waals surface area contributed by atoms with Crippen LogP contribution in [0.3, 0.4) is 0 Å². The molecule has 0 bridgehead atoms. The van der Waals surface area contributed by atoms with Crippen LogP contribution in [-0.4, -0.2) is 5.78 Å². The van der Waals surface area contributed by atoms with Gasteiger partial charge in [0.15, 0.2) is 5.78 Å². The van der Waals surface area contributed by atoms with Crippen LogP contribution in [0.25, 0.3) is 0 Å². The van der Waals surface area contributed by atoms with Gasteiger partial charge in [-0.1, -0.05) is 50.0 Å². The minimum atomic E-state index is 0.0584. The van der Waals surface area contributed by atoms with Gasteiger partial charge in [-0.3, -0.25) is 4.79 Å². The number of hydrogen-bond acceptors (Lipinski definition) is 1. The second-order valence-electron chi connectivity index (χ2n) is 4.35. The highest BCUT2D eigenvalue weighted by Crippen LogP contribution is 2.31. The van der Waals surface area contributed by atoms with Crippen LogP contribution in [-0.2, 0) is 4.79 Å². The number of Topliss-reactive ketones (excluding diaryl/α,β-unsaturated/α-hetero) is 1. The fourth-order valence-corrected chi connectivity index (χ4v) is 1.90. The molecule has 0 amide bonds. The molecule has 0 aromatic rings. The molecule has 0 spiro atoms. The number of hydrogen-bond donors (Lipinski definition) is 0. The Labute approximate surface area is 110 Å². The summed E-state index contributed by atoms with van der Waals surface area (Å²) in [5, 5.41) is 0. The number of rotatable bonds is 5. The molecule has 0 fully saturated rings. The minimum Gasteiger partial charge on any atom is -0.289 e. The van der Waals surface area contributed by atoms with E-state index in [0.29, 0.717) is 5.57 Å². The molecule has 0 aromatic carbocycles. The Morgan fingerprint density at radius 2 is 1.78 bits per heavy atom. The zero-order chi connectivity index (χ0) is 13.7. The van der Waals surface area contributed by atoms with Crippen LogP contribution in [0.15, 0.2) is 71.9 Å². The van der Waals surface area contributed by atoms with Gasteiger partial charge in [0.1, 0.15) is 0 Å². The average molecular weight is 240 g/mol. The van der Waals surface area contributed by atoms with E-state index < -0.39 is 0 Å². The number of ketones is 1. The van der Waals surface area contributed by atoms with Gasteiger partial charge in [-0.2, -0.15) is 0 Å². The molecular weight excluding hydrogens is 220 g/mol. The van der Waals surface area contributed by atoms with Crippen molar-refractivity contribution in [1.29, 1.82) is 0 Å². The Kier molecular flexibility index (Phi) is 4.85. The van der Waals surface area contributed by atoms with E-state index >= 15 is 0 Å². The summed E-state index contributed by atoms with van der Waals surface area (Å²) in [5.74, 6) is 0.319. The van der Waals surface area contributed by atoms with Crippen molar-refractivity contribution in [3.05, 3.63) is 71.9 Å². The molecule has 1 aliphatic rings. The fraction of sp³-hybridized carbons (Fsp3) is 0.235. The van der Waals surface area contributed by atoms with Crippen molar-refractivity contribution < 1.29 is 4.79 Å². The third-order valence-electron chi connectivity index (χ3n) is 3.06. The molecule has 94 valence electrons. The Morgan fingerprint density at radius 3 is 2.28 bits per heavy atom. The van der Waals surface area contributed by atoms with Crippen LogP contribution in [0.1, 0.15) is 20.8 Å². The number of carbonyl (C=O) groups is 1. The van der Waals surface area contributed by atoms with Gasteiger partial charge in [0, 0.05) is 11.1 Å². The summed E-state index contributed by atoms with van der Waals surface area (Å²) >= 11 is 0. The van der Waals surface area contributed by atoms with Crippen molar-refractivity contribution in [2.24, 2.45) is 5.92 Å². The van der Waals surface area contributed by atoms with Gasteiger partial charge in [-0.25, -0.2) is 0 Å². The molecule has 0 saturated heterocycles. The Bertz CT molecular complexity index is 496. The lowest BCUT2D eigenvalue weighted by Gasteiger charge is -1.99. The topological polar surface area (TPSA) is 17.1 Å². The molecule has 1 aliphatic carbocycles. The minimum absolute atomic E-state index is 0.0584. The Hall–Kier alpha value is -1.89. The van der Waals surface area contributed by atoms with Gasteiger partial charge in [-0.05, 0) is 30.9 Å². The summed E-state index contributed by atoms with van der Waals surface area (Å²) in [6.07, 6.45) is 11.3. The van der Waals surface area contributed by atoms with Crippen LogP contribution in [0.2, 0.25) is 0 Å². The lowest BCUT2D eigenvalue weighted by Crippen LogP contribution is -1.98. The van der Waals surface area contributed by atoms with Crippen molar-refractivity contribution >= 4 is 5.78 Å². The predicted molar refractivity (Wildman–Crippen MR) is 78.2 cm³/mol. The van der Waals surface area contributed by atoms with Gasteiger partial charge in [0.05, 0.1) is 0 Å². The molecule has 1 atom stereocenters. The summed E-state index contributed by atoms with van der Waals surface area (Å²) in [5.41, 5.74) is 3.44. The molecule has 1 nitrogen and oxygen atoms in total. The summed E-state index contributed by atoms with van der Waals surface area (Å²) in [4.78, 5) is 12.2. The first-order chi connectivity index (χ1) is 8.56. The molecular formula is C17H20O. The lowest BCUT2D eigenvalue weighted by molar-refractivity contribution is -0.111. The summed E-state index contributed by atoms with van der Waals surface area (Å²) in [7, 11) is 0. The quantitative estimate of drug-likeness (QED) is 0.654. The van der Waals surface area contributed by atoms with Gasteiger partial charge < -0.3 is 0 Å². The molecule has 0 aromatic heterocycles. The molecule has 0 N–H and O–H groups in total. The van der Waals surface area contributed by atoms with E-state index in [0.717, 1.165) is 16.7 Å². The zero-order valence-electron chi connectivity index (χ0n) is 11.4. The summed E-state index contributed by atoms with van der Waals surface area (Å²) in [6.45, 7) is 13.4. The third-order valence-corrected chi connectivity index (χ3v) is 3.06. The average Bonchev–Trinajstić information content (AvgIpc) is 2.59. The van der Waals surface area contributed by atoms with E-state index in [1.807, 2.05) is 51.2 Å². The highest BCUT2D eigenvalue weighted by Gasteiger charge is 2.24. The van der Waals surface area contributed by atoms with E-state index in [1.165, 1.54) is 0 Å². The molecule has 0 saturated carbocycles. The normalized spacial score (nSPS) is 18.3. The van der Waals surface area contributed by atoms with Crippen LogP contribution >= 0.6 is 0 Å². The highest BCUT2D eigenvalue weighted by atomic mass is 16.1. The Morgan fingerprint density at radius 1 is 1.11 bits per heavy atom. The maximum Gasteiger partial charge on any atom is 0.193 e. The van der Waals surface area contributed by atoms with Crippen LogP contribution in [0.4, 0.5) is 0 Å². The van der Waals surface area contributed by atoms with E-state index in [2.05, 4.69) is 13.2 Å². The first kappa shape index (κ1) is 14.2. The van der Waals surface area contributed by atoms with Crippen LogP contribution in [0.5, 0.6) is 0 Å². The molecule has 1 rings (SSSR count). The molecule has 1 heteroatoms. The van der Waals surface area contributed by atoms with E-state index in [-0.39, 0.29) is 11.7 Å². The van der Waals surface area contributed by atoms with Crippen molar-refractivity contribution in [1.82, 2.24) is 0 Å². The van der Waals surface area contributed by atoms with E-state index in [1.54, 1.807) is 6.08 Å². The van der Waals surface area contributed by atoms with Gasteiger partial charge >= 0.3 is 0 Å². The monoisotopic (exact) mass is 240 g/mol. The Balaban J connectivity index is 3.18. The molecule has 1 unspecified atom stereocenters. The lowest BCUT2D eigenvalue weighted by atomic mass is 10.0. The van der Waals surface area contributed by atoms with Crippen LogP contribution < -0.4 is 0 Å². The summed E-state index contributed by atoms with van der Waals surface area (Å²) < 4.78 is 0. The molecule has 0 heterocycles. The SMILES string of the molecule is C=CC1=C(/C=C\C)C(C)=C(/C=C\C(C)C=C)C1=O. The number of allylic oxidation sites excluding steroid dienone is 10. The summed E-state index contributed by atoms with van der Waals surface area (Å²) in [6, 6.07) is 0. The maximum absolute atomic E-state index is 12.2. The fourth-order valence-electron chi connectivity index (χ4n) is 1.90. The first-order valence-corrected chi connectivity index (χ1v) is 6.12. The molecule has 18 heavy (non-hydrogen) atoms. The van der Waals surface area contributed by atoms with Gasteiger partial charge in [0.25, 0.3) is 0 Å². The van der Waals surface area contributed by atoms with Crippen molar-refractivity contribution in [2.75, 3.05) is 0 Å². The largest absolute Gasteiger partial charge is 0.289 e. The second kappa shape index (κ2) is 6.15. The predicted octanol–water partition coefficient (Wildman–Crippen LogP) is 4.32.